The van der Waals surface area contributed by atoms with Gasteiger partial charge in [-0.05, 0) is 49.7 Å². The maximum atomic E-state index is 15.0. The van der Waals surface area contributed by atoms with E-state index in [1.54, 1.807) is 17.9 Å². The van der Waals surface area contributed by atoms with Crippen LogP contribution in [0.4, 0.5) is 4.39 Å². The summed E-state index contributed by atoms with van der Waals surface area (Å²) in [4.78, 5) is 25.7. The number of carbonyl (C=O) groups excluding carboxylic acids is 2. The molecule has 178 valence electrons. The minimum atomic E-state index is -0.567. The van der Waals surface area contributed by atoms with Crippen molar-refractivity contribution in [2.45, 2.75) is 64.0 Å². The second-order valence-electron chi connectivity index (χ2n) is 9.64. The molecule has 2 aliphatic rings. The molecule has 2 amide bonds. The first-order chi connectivity index (χ1) is 15.7. The Labute approximate surface area is 203 Å². The third-order valence-electron chi connectivity index (χ3n) is 7.20. The van der Waals surface area contributed by atoms with Crippen LogP contribution < -0.4 is 10.6 Å². The zero-order valence-corrected chi connectivity index (χ0v) is 20.3. The highest BCUT2D eigenvalue weighted by atomic mass is 35.5. The van der Waals surface area contributed by atoms with Crippen LogP contribution in [0.3, 0.4) is 0 Å². The van der Waals surface area contributed by atoms with Crippen molar-refractivity contribution < 1.29 is 14.0 Å². The lowest BCUT2D eigenvalue weighted by atomic mass is 9.76. The zero-order chi connectivity index (χ0) is 23.8. The molecule has 2 aliphatic carbocycles. The Hall–Kier alpha value is -2.12. The van der Waals surface area contributed by atoms with Gasteiger partial charge in [0.15, 0.2) is 0 Å². The van der Waals surface area contributed by atoms with Gasteiger partial charge in [0, 0.05) is 30.8 Å². The minimum absolute atomic E-state index is 0.0968. The van der Waals surface area contributed by atoms with E-state index in [0.29, 0.717) is 24.8 Å². The molecular weight excluding hydrogens is 466 g/mol. The molecule has 3 atom stereocenters. The fourth-order valence-electron chi connectivity index (χ4n) is 5.29. The number of nitrogens with zero attached hydrogens (tertiary/aromatic N) is 2. The lowest BCUT2D eigenvalue weighted by molar-refractivity contribution is -0.126. The molecular formula is C24H29Cl2FN4O2. The van der Waals surface area contributed by atoms with Gasteiger partial charge in [-0.2, -0.15) is 5.10 Å². The van der Waals surface area contributed by atoms with Crippen LogP contribution in [0.1, 0.15) is 73.8 Å². The predicted molar refractivity (Wildman–Crippen MR) is 126 cm³/mol. The van der Waals surface area contributed by atoms with E-state index in [4.69, 9.17) is 23.2 Å². The molecule has 2 aromatic rings. The molecule has 2 N–H and O–H groups in total. The van der Waals surface area contributed by atoms with Crippen LogP contribution in [0, 0.1) is 17.2 Å². The molecule has 6 nitrogen and oxygen atoms in total. The van der Waals surface area contributed by atoms with Crippen LogP contribution >= 0.6 is 23.2 Å². The number of amides is 2. The molecule has 0 radical (unpaired) electrons. The summed E-state index contributed by atoms with van der Waals surface area (Å²) in [6, 6.07) is 2.08. The summed E-state index contributed by atoms with van der Waals surface area (Å²) in [5.41, 5.74) is 0.448. The van der Waals surface area contributed by atoms with E-state index in [1.807, 2.05) is 0 Å². The van der Waals surface area contributed by atoms with Crippen LogP contribution in [0.5, 0.6) is 0 Å². The van der Waals surface area contributed by atoms with Gasteiger partial charge >= 0.3 is 0 Å². The fourth-order valence-corrected chi connectivity index (χ4v) is 5.72. The number of halogens is 3. The normalized spacial score (nSPS) is 22.8. The lowest BCUT2D eigenvalue weighted by Crippen LogP contribution is -2.42. The molecule has 1 heterocycles. The fraction of sp³-hybridized carbons (Fsp3) is 0.542. The topological polar surface area (TPSA) is 76.0 Å². The highest BCUT2D eigenvalue weighted by Gasteiger charge is 2.43. The van der Waals surface area contributed by atoms with Crippen molar-refractivity contribution in [3.05, 3.63) is 51.5 Å². The van der Waals surface area contributed by atoms with Gasteiger partial charge in [0.05, 0.1) is 27.8 Å². The van der Waals surface area contributed by atoms with E-state index in [9.17, 15) is 14.0 Å². The molecule has 0 saturated heterocycles. The molecule has 0 unspecified atom stereocenters. The number of nitrogens with one attached hydrogen (secondary N) is 2. The highest BCUT2D eigenvalue weighted by molar-refractivity contribution is 6.42. The summed E-state index contributed by atoms with van der Waals surface area (Å²) in [5, 5.41) is 10.6. The van der Waals surface area contributed by atoms with E-state index >= 15 is 0 Å². The maximum absolute atomic E-state index is 15.0. The molecule has 1 aromatic carbocycles. The van der Waals surface area contributed by atoms with Crippen LogP contribution in [-0.2, 0) is 11.8 Å². The average molecular weight is 495 g/mol. The first-order valence-electron chi connectivity index (χ1n) is 11.4. The van der Waals surface area contributed by atoms with Gasteiger partial charge < -0.3 is 10.6 Å². The quantitative estimate of drug-likeness (QED) is 0.541. The van der Waals surface area contributed by atoms with Crippen LogP contribution in [0.2, 0.25) is 10.0 Å². The van der Waals surface area contributed by atoms with Crippen molar-refractivity contribution in [2.24, 2.45) is 18.4 Å². The average Bonchev–Trinajstić information content (AvgIpc) is 3.52. The summed E-state index contributed by atoms with van der Waals surface area (Å²) in [6.45, 7) is 2.08. The Balaban J connectivity index is 1.48. The number of carbonyl (C=O) groups is 2. The third-order valence-corrected chi connectivity index (χ3v) is 8.02. The Morgan fingerprint density at radius 1 is 1.24 bits per heavy atom. The Morgan fingerprint density at radius 2 is 1.97 bits per heavy atom. The molecule has 0 spiro atoms. The van der Waals surface area contributed by atoms with Gasteiger partial charge in [-0.25, -0.2) is 4.39 Å². The maximum Gasteiger partial charge on any atom is 0.254 e. The Morgan fingerprint density at radius 3 is 2.64 bits per heavy atom. The van der Waals surface area contributed by atoms with Crippen LogP contribution in [-0.4, -0.2) is 27.6 Å². The van der Waals surface area contributed by atoms with Gasteiger partial charge in [-0.15, -0.1) is 0 Å². The second-order valence-corrected chi connectivity index (χ2v) is 10.4. The van der Waals surface area contributed by atoms with Crippen LogP contribution in [0.25, 0.3) is 0 Å². The number of benzene rings is 1. The number of hydrogen-bond donors (Lipinski definition) is 2. The van der Waals surface area contributed by atoms with E-state index in [0.717, 1.165) is 25.7 Å². The van der Waals surface area contributed by atoms with Crippen molar-refractivity contribution in [2.75, 3.05) is 0 Å². The van der Waals surface area contributed by atoms with E-state index < -0.39 is 11.9 Å². The van der Waals surface area contributed by atoms with Crippen molar-refractivity contribution >= 4 is 35.0 Å². The van der Waals surface area contributed by atoms with Crippen molar-refractivity contribution in [3.8, 4) is 0 Å². The lowest BCUT2D eigenvalue weighted by Gasteiger charge is -2.36. The largest absolute Gasteiger partial charge is 0.349 e. The Kier molecular flexibility index (Phi) is 7.01. The standard InChI is InChI=1S/C24H29Cl2FN4O2/c1-24(9-3-4-10-24)21(19-18(27)8-7-17(25)20(19)26)30-22(32)14-5-6-16(11-14)29-23(33)15-12-28-31(2)13-15/h7-8,12-14,16,21H,3-6,9-11H2,1-2H3,(H,29,33)(H,30,32)/t14-,16+,21+/m0/s1. The molecule has 9 heteroatoms. The summed E-state index contributed by atoms with van der Waals surface area (Å²) < 4.78 is 16.5. The van der Waals surface area contributed by atoms with E-state index in [2.05, 4.69) is 22.7 Å². The molecule has 2 saturated carbocycles. The van der Waals surface area contributed by atoms with Gasteiger partial charge in [-0.3, -0.25) is 14.3 Å². The van der Waals surface area contributed by atoms with Crippen molar-refractivity contribution in [3.63, 3.8) is 0 Å². The number of rotatable bonds is 6. The number of aryl methyl sites for hydroxylation is 1. The summed E-state index contributed by atoms with van der Waals surface area (Å²) in [7, 11) is 1.75. The third kappa shape index (κ3) is 5.04. The van der Waals surface area contributed by atoms with Gasteiger partial charge in [0.25, 0.3) is 5.91 Å². The summed E-state index contributed by atoms with van der Waals surface area (Å²) in [6.07, 6.45) is 8.85. The number of aromatic nitrogens is 2. The predicted octanol–water partition coefficient (Wildman–Crippen LogP) is 5.20. The Bertz CT molecular complexity index is 1050. The number of hydrogen-bond acceptors (Lipinski definition) is 3. The van der Waals surface area contributed by atoms with Gasteiger partial charge in [0.1, 0.15) is 5.82 Å². The zero-order valence-electron chi connectivity index (χ0n) is 18.8. The minimum Gasteiger partial charge on any atom is -0.349 e. The molecule has 2 fully saturated rings. The summed E-state index contributed by atoms with van der Waals surface area (Å²) in [5.74, 6) is -1.06. The van der Waals surface area contributed by atoms with Crippen molar-refractivity contribution in [1.29, 1.82) is 0 Å². The first-order valence-corrected chi connectivity index (χ1v) is 12.2. The van der Waals surface area contributed by atoms with E-state index in [1.165, 1.54) is 18.3 Å². The SMILES string of the molecule is Cn1cc(C(=O)N[C@@H]2CC[C@H](C(=O)N[C@H](c3c(F)ccc(Cl)c3Cl)C3(C)CCCC3)C2)cn1. The monoisotopic (exact) mass is 494 g/mol. The van der Waals surface area contributed by atoms with Crippen LogP contribution in [0.15, 0.2) is 24.5 Å². The second kappa shape index (κ2) is 9.63. The highest BCUT2D eigenvalue weighted by Crippen LogP contribution is 2.50. The molecule has 0 aliphatic heterocycles. The van der Waals surface area contributed by atoms with Gasteiger partial charge in [0.2, 0.25) is 5.91 Å². The first kappa shape index (κ1) is 24.0. The molecule has 4 rings (SSSR count). The summed E-state index contributed by atoms with van der Waals surface area (Å²) >= 11 is 12.6. The van der Waals surface area contributed by atoms with Crippen molar-refractivity contribution in [1.82, 2.24) is 20.4 Å². The molecule has 0 bridgehead atoms. The van der Waals surface area contributed by atoms with Gasteiger partial charge in [-0.1, -0.05) is 43.0 Å². The smallest absolute Gasteiger partial charge is 0.254 e. The molecule has 1 aromatic heterocycles. The molecule has 33 heavy (non-hydrogen) atoms. The van der Waals surface area contributed by atoms with E-state index in [-0.39, 0.29) is 44.8 Å².